The summed E-state index contributed by atoms with van der Waals surface area (Å²) in [6.45, 7) is 9.99. The first-order chi connectivity index (χ1) is 17.8. The minimum absolute atomic E-state index is 0.0536. The van der Waals surface area contributed by atoms with Gasteiger partial charge in [0.1, 0.15) is 6.29 Å². The second-order valence-corrected chi connectivity index (χ2v) is 10.3. The van der Waals surface area contributed by atoms with Crippen molar-refractivity contribution in [1.29, 1.82) is 0 Å². The third kappa shape index (κ3) is 12.4. The molecule has 1 heterocycles. The fraction of sp³-hybridized carbons (Fsp3) is 0.531. The molecule has 1 fully saturated rings. The molecular weight excluding hydrogens is 464 g/mol. The van der Waals surface area contributed by atoms with Crippen LogP contribution in [0.25, 0.3) is 0 Å². The summed E-state index contributed by atoms with van der Waals surface area (Å²) in [4.78, 5) is 11.0. The Balaban J connectivity index is 1.82. The van der Waals surface area contributed by atoms with E-state index < -0.39 is 0 Å². The highest BCUT2D eigenvalue weighted by Crippen LogP contribution is 2.31. The molecule has 1 aromatic carbocycles. The normalized spacial score (nSPS) is 17.1. The predicted octanol–water partition coefficient (Wildman–Crippen LogP) is 8.12. The van der Waals surface area contributed by atoms with Crippen molar-refractivity contribution >= 4 is 6.29 Å². The van der Waals surface area contributed by atoms with Crippen LogP contribution in [-0.2, 0) is 15.9 Å². The van der Waals surface area contributed by atoms with Gasteiger partial charge in [-0.25, -0.2) is 0 Å². The maximum Gasteiger partial charge on any atom is 0.161 e. The topological polar surface area (TPSA) is 76.0 Å². The van der Waals surface area contributed by atoms with E-state index in [-0.39, 0.29) is 17.8 Å². The first-order valence-electron chi connectivity index (χ1n) is 13.6. The zero-order valence-electron chi connectivity index (χ0n) is 23.2. The summed E-state index contributed by atoms with van der Waals surface area (Å²) >= 11 is 0. The number of benzene rings is 1. The Bertz CT molecular complexity index is 973. The quantitative estimate of drug-likeness (QED) is 0.142. The lowest BCUT2D eigenvalue weighted by Crippen LogP contribution is -2.23. The lowest BCUT2D eigenvalue weighted by molar-refractivity contribution is -0.157. The zero-order valence-corrected chi connectivity index (χ0v) is 23.2. The molecule has 1 aromatic rings. The van der Waals surface area contributed by atoms with Gasteiger partial charge in [-0.05, 0) is 110 Å². The van der Waals surface area contributed by atoms with E-state index in [0.717, 1.165) is 58.0 Å². The van der Waals surface area contributed by atoms with Crippen molar-refractivity contribution in [3.8, 4) is 11.5 Å². The van der Waals surface area contributed by atoms with Crippen LogP contribution in [0.4, 0.5) is 0 Å². The number of ether oxygens (including phenoxy) is 2. The van der Waals surface area contributed by atoms with Crippen molar-refractivity contribution in [2.75, 3.05) is 13.2 Å². The number of hydrogen-bond donors (Lipinski definition) is 2. The van der Waals surface area contributed by atoms with Gasteiger partial charge in [-0.1, -0.05) is 41.0 Å². The molecule has 0 aromatic heterocycles. The Morgan fingerprint density at radius 1 is 0.946 bits per heavy atom. The Labute approximate surface area is 223 Å². The monoisotopic (exact) mass is 510 g/mol. The average Bonchev–Trinajstić information content (AvgIpc) is 2.88. The third-order valence-electron chi connectivity index (χ3n) is 6.61. The fourth-order valence-electron chi connectivity index (χ4n) is 4.29. The molecule has 1 aliphatic heterocycles. The van der Waals surface area contributed by atoms with Crippen molar-refractivity contribution < 1.29 is 24.5 Å². The van der Waals surface area contributed by atoms with E-state index in [1.165, 1.54) is 34.8 Å². The molecule has 1 atom stereocenters. The molecule has 2 rings (SSSR count). The van der Waals surface area contributed by atoms with Crippen molar-refractivity contribution in [2.45, 2.75) is 98.2 Å². The lowest BCUT2D eigenvalue weighted by Gasteiger charge is -2.23. The molecule has 5 heteroatoms. The van der Waals surface area contributed by atoms with E-state index in [1.807, 2.05) is 6.08 Å². The molecule has 1 saturated heterocycles. The van der Waals surface area contributed by atoms with Gasteiger partial charge in [0, 0.05) is 17.7 Å². The Morgan fingerprint density at radius 3 is 2.32 bits per heavy atom. The molecule has 2 N–H and O–H groups in total. The first kappa shape index (κ1) is 30.6. The number of carbonyl (C=O) groups is 1. The Kier molecular flexibility index (Phi) is 14.0. The molecule has 1 aliphatic rings. The zero-order chi connectivity index (χ0) is 27.0. The number of phenolic OH excluding ortho intramolecular Hbond substituents is 2. The maximum atomic E-state index is 11.0. The summed E-state index contributed by atoms with van der Waals surface area (Å²) in [5.41, 5.74) is 6.21. The highest BCUT2D eigenvalue weighted by atomic mass is 16.7. The smallest absolute Gasteiger partial charge is 0.161 e. The standard InChI is InChI=1S/C32H46O5/c1-24(2)10-7-14-27(23-37-31-16-5-6-19-36-31)15-9-13-25(3)11-8-12-26(4)17-18-29-20-28(22-33)21-30(34)32(29)35/h10-11,15,17,20-22,31,34-35H,5-9,12-14,16,18-19,23H2,1-4H3/b25-11+,26-17+,27-15+. The largest absolute Gasteiger partial charge is 0.504 e. The number of rotatable bonds is 15. The molecule has 1 unspecified atom stereocenters. The third-order valence-corrected chi connectivity index (χ3v) is 6.61. The Morgan fingerprint density at radius 2 is 1.65 bits per heavy atom. The molecule has 37 heavy (non-hydrogen) atoms. The predicted molar refractivity (Wildman–Crippen MR) is 151 cm³/mol. The van der Waals surface area contributed by atoms with Crippen LogP contribution in [0.15, 0.2) is 58.7 Å². The SMILES string of the molecule is CC(C)=CCC/C(=C\CC/C(C)=C/CC/C(C)=C/Cc1cc(C=O)cc(O)c1O)COC1CCCCO1. The van der Waals surface area contributed by atoms with Crippen LogP contribution < -0.4 is 0 Å². The molecule has 204 valence electrons. The van der Waals surface area contributed by atoms with Crippen molar-refractivity contribution in [3.63, 3.8) is 0 Å². The average molecular weight is 511 g/mol. The van der Waals surface area contributed by atoms with Crippen molar-refractivity contribution in [3.05, 3.63) is 69.9 Å². The van der Waals surface area contributed by atoms with Gasteiger partial charge in [0.05, 0.1) is 6.61 Å². The van der Waals surface area contributed by atoms with Gasteiger partial charge in [-0.15, -0.1) is 0 Å². The van der Waals surface area contributed by atoms with E-state index in [1.54, 1.807) is 6.07 Å². The lowest BCUT2D eigenvalue weighted by atomic mass is 10.0. The molecule has 0 amide bonds. The van der Waals surface area contributed by atoms with Gasteiger partial charge in [0.15, 0.2) is 17.8 Å². The van der Waals surface area contributed by atoms with Crippen LogP contribution in [-0.4, -0.2) is 36.0 Å². The van der Waals surface area contributed by atoms with E-state index in [4.69, 9.17) is 9.47 Å². The van der Waals surface area contributed by atoms with Crippen LogP contribution in [0.5, 0.6) is 11.5 Å². The molecule has 5 nitrogen and oxygen atoms in total. The van der Waals surface area contributed by atoms with Crippen LogP contribution in [0.3, 0.4) is 0 Å². The van der Waals surface area contributed by atoms with Crippen LogP contribution >= 0.6 is 0 Å². The minimum atomic E-state index is -0.257. The van der Waals surface area contributed by atoms with Crippen molar-refractivity contribution in [2.24, 2.45) is 0 Å². The van der Waals surface area contributed by atoms with E-state index >= 15 is 0 Å². The molecule has 0 radical (unpaired) electrons. The van der Waals surface area contributed by atoms with Gasteiger partial charge in [-0.2, -0.15) is 0 Å². The van der Waals surface area contributed by atoms with Gasteiger partial charge < -0.3 is 19.7 Å². The van der Waals surface area contributed by atoms with Crippen LogP contribution in [0.2, 0.25) is 0 Å². The molecule has 0 bridgehead atoms. The minimum Gasteiger partial charge on any atom is -0.504 e. The number of aromatic hydroxyl groups is 2. The second kappa shape index (κ2) is 17.0. The summed E-state index contributed by atoms with van der Waals surface area (Å²) in [6, 6.07) is 2.89. The van der Waals surface area contributed by atoms with Gasteiger partial charge >= 0.3 is 0 Å². The molecular formula is C32H46O5. The van der Waals surface area contributed by atoms with Gasteiger partial charge in [0.2, 0.25) is 0 Å². The van der Waals surface area contributed by atoms with Crippen LogP contribution in [0.1, 0.15) is 101 Å². The van der Waals surface area contributed by atoms with Crippen molar-refractivity contribution in [1.82, 2.24) is 0 Å². The first-order valence-corrected chi connectivity index (χ1v) is 13.6. The maximum absolute atomic E-state index is 11.0. The fourth-order valence-corrected chi connectivity index (χ4v) is 4.29. The number of carbonyl (C=O) groups excluding carboxylic acids is 1. The second-order valence-electron chi connectivity index (χ2n) is 10.3. The number of aldehydes is 1. The van der Waals surface area contributed by atoms with E-state index in [0.29, 0.717) is 30.4 Å². The van der Waals surface area contributed by atoms with Crippen LogP contribution in [0, 0.1) is 0 Å². The summed E-state index contributed by atoms with van der Waals surface area (Å²) in [6.07, 6.45) is 19.4. The molecule has 0 saturated carbocycles. The highest BCUT2D eigenvalue weighted by Gasteiger charge is 2.14. The molecule has 0 spiro atoms. The van der Waals surface area contributed by atoms with Gasteiger partial charge in [0.25, 0.3) is 0 Å². The number of hydrogen-bond acceptors (Lipinski definition) is 5. The summed E-state index contributed by atoms with van der Waals surface area (Å²) in [7, 11) is 0. The van der Waals surface area contributed by atoms with Gasteiger partial charge in [-0.3, -0.25) is 4.79 Å². The van der Waals surface area contributed by atoms with E-state index in [9.17, 15) is 15.0 Å². The summed E-state index contributed by atoms with van der Waals surface area (Å²) in [5.74, 6) is -0.414. The van der Waals surface area contributed by atoms with E-state index in [2.05, 4.69) is 45.9 Å². The number of phenols is 2. The number of allylic oxidation sites excluding steroid dienone is 7. The summed E-state index contributed by atoms with van der Waals surface area (Å²) in [5, 5.41) is 19.8. The molecule has 0 aliphatic carbocycles. The highest BCUT2D eigenvalue weighted by molar-refractivity contribution is 5.77. The Hall–Kier alpha value is -2.63. The summed E-state index contributed by atoms with van der Waals surface area (Å²) < 4.78 is 11.8.